The van der Waals surface area contributed by atoms with Crippen LogP contribution < -0.4 is 10.5 Å². The molecule has 0 aliphatic heterocycles. The number of ether oxygens (including phenoxy) is 1. The van der Waals surface area contributed by atoms with Crippen LogP contribution in [-0.4, -0.2) is 16.1 Å². The molecule has 4 nitrogen and oxygen atoms in total. The predicted octanol–water partition coefficient (Wildman–Crippen LogP) is 3.14. The van der Waals surface area contributed by atoms with Crippen LogP contribution in [0.4, 0.5) is 0 Å². The number of nitrogens with two attached hydrogens (primary N) is 1. The van der Waals surface area contributed by atoms with E-state index >= 15 is 0 Å². The van der Waals surface area contributed by atoms with Crippen molar-refractivity contribution in [1.29, 1.82) is 0 Å². The highest BCUT2D eigenvalue weighted by atomic mass is 16.5. The zero-order valence-corrected chi connectivity index (χ0v) is 12.8. The monoisotopic (exact) mass is 295 g/mol. The van der Waals surface area contributed by atoms with E-state index in [9.17, 15) is 0 Å². The standard InChI is InChI=1S/C18H21N3O/c1-2-14-6-5-7-15(12-14)22-13-18-20-16-8-3-4-9-17(16)21(18)11-10-19/h3-9,12H,2,10-11,13,19H2,1H3. The van der Waals surface area contributed by atoms with E-state index in [2.05, 4.69) is 34.7 Å². The third-order valence-corrected chi connectivity index (χ3v) is 3.76. The number of hydrogen-bond acceptors (Lipinski definition) is 3. The van der Waals surface area contributed by atoms with Gasteiger partial charge in [-0.25, -0.2) is 4.98 Å². The van der Waals surface area contributed by atoms with Gasteiger partial charge < -0.3 is 15.0 Å². The van der Waals surface area contributed by atoms with Gasteiger partial charge in [0.2, 0.25) is 0 Å². The Morgan fingerprint density at radius 2 is 2.00 bits per heavy atom. The average molecular weight is 295 g/mol. The van der Waals surface area contributed by atoms with Crippen LogP contribution in [0.25, 0.3) is 11.0 Å². The third-order valence-electron chi connectivity index (χ3n) is 3.76. The molecular formula is C18H21N3O. The summed E-state index contributed by atoms with van der Waals surface area (Å²) in [5.41, 5.74) is 9.10. The highest BCUT2D eigenvalue weighted by Crippen LogP contribution is 2.19. The van der Waals surface area contributed by atoms with Crippen molar-refractivity contribution in [2.45, 2.75) is 26.5 Å². The molecule has 22 heavy (non-hydrogen) atoms. The molecule has 2 aromatic carbocycles. The molecule has 2 N–H and O–H groups in total. The van der Waals surface area contributed by atoms with Gasteiger partial charge in [-0.15, -0.1) is 0 Å². The zero-order valence-electron chi connectivity index (χ0n) is 12.8. The van der Waals surface area contributed by atoms with Crippen LogP contribution in [-0.2, 0) is 19.6 Å². The van der Waals surface area contributed by atoms with Crippen molar-refractivity contribution in [2.75, 3.05) is 6.54 Å². The van der Waals surface area contributed by atoms with Gasteiger partial charge in [-0.05, 0) is 36.2 Å². The molecule has 0 bridgehead atoms. The van der Waals surface area contributed by atoms with Gasteiger partial charge in [0.1, 0.15) is 18.2 Å². The molecule has 1 aromatic heterocycles. The number of aromatic nitrogens is 2. The summed E-state index contributed by atoms with van der Waals surface area (Å²) in [5.74, 6) is 1.79. The molecule has 0 saturated heterocycles. The van der Waals surface area contributed by atoms with E-state index in [0.717, 1.165) is 35.6 Å². The smallest absolute Gasteiger partial charge is 0.148 e. The molecule has 0 unspecified atom stereocenters. The maximum absolute atomic E-state index is 5.93. The number of hydrogen-bond donors (Lipinski definition) is 1. The molecule has 0 amide bonds. The molecule has 0 atom stereocenters. The lowest BCUT2D eigenvalue weighted by molar-refractivity contribution is 0.290. The second kappa shape index (κ2) is 6.62. The van der Waals surface area contributed by atoms with Crippen molar-refractivity contribution in [3.63, 3.8) is 0 Å². The summed E-state index contributed by atoms with van der Waals surface area (Å²) in [5, 5.41) is 0. The Balaban J connectivity index is 1.85. The molecule has 0 fully saturated rings. The molecule has 0 radical (unpaired) electrons. The maximum Gasteiger partial charge on any atom is 0.148 e. The first-order valence-corrected chi connectivity index (χ1v) is 7.67. The average Bonchev–Trinajstić information content (AvgIpc) is 2.91. The van der Waals surface area contributed by atoms with E-state index in [1.54, 1.807) is 0 Å². The van der Waals surface area contributed by atoms with Gasteiger partial charge in [0.25, 0.3) is 0 Å². The Kier molecular flexibility index (Phi) is 4.39. The molecule has 4 heteroatoms. The molecule has 0 aliphatic carbocycles. The van der Waals surface area contributed by atoms with Crippen molar-refractivity contribution in [3.05, 3.63) is 59.9 Å². The number of nitrogens with zero attached hydrogens (tertiary/aromatic N) is 2. The third kappa shape index (κ3) is 2.97. The van der Waals surface area contributed by atoms with E-state index < -0.39 is 0 Å². The van der Waals surface area contributed by atoms with Gasteiger partial charge in [0.15, 0.2) is 0 Å². The fraction of sp³-hybridized carbons (Fsp3) is 0.278. The summed E-state index contributed by atoms with van der Waals surface area (Å²) in [7, 11) is 0. The minimum absolute atomic E-state index is 0.446. The SMILES string of the molecule is CCc1cccc(OCc2nc3ccccc3n2CCN)c1. The van der Waals surface area contributed by atoms with E-state index in [0.29, 0.717) is 13.2 Å². The van der Waals surface area contributed by atoms with Gasteiger partial charge in [-0.1, -0.05) is 31.2 Å². The van der Waals surface area contributed by atoms with Gasteiger partial charge in [-0.2, -0.15) is 0 Å². The van der Waals surface area contributed by atoms with Gasteiger partial charge in [0.05, 0.1) is 11.0 Å². The Morgan fingerprint density at radius 3 is 2.82 bits per heavy atom. The minimum Gasteiger partial charge on any atom is -0.486 e. The summed E-state index contributed by atoms with van der Waals surface area (Å²) >= 11 is 0. The number of rotatable bonds is 6. The lowest BCUT2D eigenvalue weighted by Crippen LogP contribution is -2.14. The first-order valence-electron chi connectivity index (χ1n) is 7.67. The van der Waals surface area contributed by atoms with Crippen molar-refractivity contribution in [3.8, 4) is 5.75 Å². The van der Waals surface area contributed by atoms with Crippen LogP contribution in [0.15, 0.2) is 48.5 Å². The van der Waals surface area contributed by atoms with Gasteiger partial charge in [0, 0.05) is 13.1 Å². The molecule has 0 saturated carbocycles. The number of fused-ring (bicyclic) bond motifs is 1. The summed E-state index contributed by atoms with van der Waals surface area (Å²) in [4.78, 5) is 4.67. The fourth-order valence-corrected chi connectivity index (χ4v) is 2.62. The number of para-hydroxylation sites is 2. The Hall–Kier alpha value is -2.33. The van der Waals surface area contributed by atoms with Crippen LogP contribution >= 0.6 is 0 Å². The van der Waals surface area contributed by atoms with Crippen LogP contribution in [0, 0.1) is 0 Å². The molecular weight excluding hydrogens is 274 g/mol. The van der Waals surface area contributed by atoms with Gasteiger partial charge in [-0.3, -0.25) is 0 Å². The van der Waals surface area contributed by atoms with Crippen LogP contribution in [0.5, 0.6) is 5.75 Å². The second-order valence-corrected chi connectivity index (χ2v) is 5.25. The molecule has 0 aliphatic rings. The lowest BCUT2D eigenvalue weighted by atomic mass is 10.2. The fourth-order valence-electron chi connectivity index (χ4n) is 2.62. The van der Waals surface area contributed by atoms with E-state index in [4.69, 9.17) is 10.5 Å². The zero-order chi connectivity index (χ0) is 15.4. The van der Waals surface area contributed by atoms with E-state index in [-0.39, 0.29) is 0 Å². The molecule has 0 spiro atoms. The largest absolute Gasteiger partial charge is 0.486 e. The maximum atomic E-state index is 5.93. The normalized spacial score (nSPS) is 11.0. The summed E-state index contributed by atoms with van der Waals surface area (Å²) < 4.78 is 8.06. The number of benzene rings is 2. The highest BCUT2D eigenvalue weighted by Gasteiger charge is 2.10. The first kappa shape index (κ1) is 14.6. The highest BCUT2D eigenvalue weighted by molar-refractivity contribution is 5.75. The number of imidazole rings is 1. The van der Waals surface area contributed by atoms with Crippen molar-refractivity contribution in [1.82, 2.24) is 9.55 Å². The van der Waals surface area contributed by atoms with Crippen molar-refractivity contribution in [2.24, 2.45) is 5.73 Å². The molecule has 3 rings (SSSR count). The Labute approximate surface area is 130 Å². The lowest BCUT2D eigenvalue weighted by Gasteiger charge is -2.10. The second-order valence-electron chi connectivity index (χ2n) is 5.25. The van der Waals surface area contributed by atoms with E-state index in [1.807, 2.05) is 30.3 Å². The van der Waals surface area contributed by atoms with Gasteiger partial charge >= 0.3 is 0 Å². The topological polar surface area (TPSA) is 53.1 Å². The van der Waals surface area contributed by atoms with Crippen LogP contribution in [0.1, 0.15) is 18.3 Å². The molecule has 3 aromatic rings. The Morgan fingerprint density at radius 1 is 1.14 bits per heavy atom. The predicted molar refractivity (Wildman–Crippen MR) is 88.9 cm³/mol. The Bertz CT molecular complexity index is 764. The summed E-state index contributed by atoms with van der Waals surface area (Å²) in [6.45, 7) is 3.91. The number of aryl methyl sites for hydroxylation is 1. The first-order chi connectivity index (χ1) is 10.8. The molecule has 114 valence electrons. The summed E-state index contributed by atoms with van der Waals surface area (Å²) in [6.07, 6.45) is 1.00. The molecule has 1 heterocycles. The van der Waals surface area contributed by atoms with Crippen LogP contribution in [0.2, 0.25) is 0 Å². The van der Waals surface area contributed by atoms with E-state index in [1.165, 1.54) is 5.56 Å². The van der Waals surface area contributed by atoms with Crippen molar-refractivity contribution < 1.29 is 4.74 Å². The quantitative estimate of drug-likeness (QED) is 0.760. The van der Waals surface area contributed by atoms with Crippen molar-refractivity contribution >= 4 is 11.0 Å². The summed E-state index contributed by atoms with van der Waals surface area (Å²) in [6, 6.07) is 16.3. The minimum atomic E-state index is 0.446. The van der Waals surface area contributed by atoms with Crippen LogP contribution in [0.3, 0.4) is 0 Å².